The molecule has 0 aliphatic carbocycles. The van der Waals surface area contributed by atoms with Gasteiger partial charge in [-0.2, -0.15) is 0 Å². The molecule has 0 fully saturated rings. The van der Waals surface area contributed by atoms with Crippen LogP contribution in [-0.2, 0) is 56.0 Å². The highest BCUT2D eigenvalue weighted by Crippen LogP contribution is 2.14. The molecule has 68 heavy (non-hydrogen) atoms. The summed E-state index contributed by atoms with van der Waals surface area (Å²) in [5.41, 5.74) is 12.6. The van der Waals surface area contributed by atoms with E-state index in [-0.39, 0.29) is 25.0 Å². The molecule has 0 aromatic heterocycles. The number of phenolic OH excluding ortho intramolecular Hbond substituents is 1. The quantitative estimate of drug-likeness (QED) is 0.0391. The zero-order valence-electron chi connectivity index (χ0n) is 39.5. The van der Waals surface area contributed by atoms with Gasteiger partial charge in [-0.05, 0) is 74.8 Å². The molecule has 0 heterocycles. The zero-order valence-corrected chi connectivity index (χ0v) is 39.5. The lowest BCUT2D eigenvalue weighted by atomic mass is 9.97. The van der Waals surface area contributed by atoms with Crippen molar-refractivity contribution in [3.05, 3.63) is 65.7 Å². The number of nitrogens with one attached hydrogen (secondary N) is 8. The van der Waals surface area contributed by atoms with Crippen LogP contribution in [0.2, 0.25) is 0 Å². The first kappa shape index (κ1) is 57.5. The van der Waals surface area contributed by atoms with Crippen LogP contribution in [0.15, 0.2) is 54.6 Å². The number of carbonyl (C=O) groups is 9. The van der Waals surface area contributed by atoms with Crippen molar-refractivity contribution >= 4 is 53.2 Å². The van der Waals surface area contributed by atoms with E-state index in [1.54, 1.807) is 58.0 Å². The number of hydrogen-bond donors (Lipinski definition) is 13. The third-order valence-electron chi connectivity index (χ3n) is 10.9. The van der Waals surface area contributed by atoms with Gasteiger partial charge in [0.1, 0.15) is 48.5 Å². The van der Waals surface area contributed by atoms with Gasteiger partial charge in [0.2, 0.25) is 47.3 Å². The van der Waals surface area contributed by atoms with E-state index in [2.05, 4.69) is 42.5 Å². The number of aliphatic hydroxyl groups excluding tert-OH is 1. The Morgan fingerprint density at radius 3 is 1.60 bits per heavy atom. The average Bonchev–Trinajstić information content (AvgIpc) is 3.29. The number of amides is 8. The Morgan fingerprint density at radius 1 is 0.574 bits per heavy atom. The maximum Gasteiger partial charge on any atom is 0.322 e. The molecule has 0 spiro atoms. The molecule has 22 heteroatoms. The molecule has 0 bridgehead atoms. The maximum absolute atomic E-state index is 14.0. The lowest BCUT2D eigenvalue weighted by molar-refractivity contribution is -0.139. The zero-order chi connectivity index (χ0) is 51.1. The fourth-order valence-corrected chi connectivity index (χ4v) is 6.66. The summed E-state index contributed by atoms with van der Waals surface area (Å²) in [4.78, 5) is 119. The largest absolute Gasteiger partial charge is 0.508 e. The number of nitrogens with two attached hydrogens (primary N) is 2. The molecule has 0 unspecified atom stereocenters. The number of carbonyl (C=O) groups excluding carboxylic acids is 8. The lowest BCUT2D eigenvalue weighted by Gasteiger charge is -2.28. The number of rotatable bonds is 29. The van der Waals surface area contributed by atoms with E-state index < -0.39 is 127 Å². The number of unbranched alkanes of at least 4 members (excludes halogenated alkanes) is 1. The number of aromatic hydroxyl groups is 1. The first-order valence-corrected chi connectivity index (χ1v) is 22.6. The first-order valence-electron chi connectivity index (χ1n) is 22.6. The summed E-state index contributed by atoms with van der Waals surface area (Å²) in [5, 5.41) is 49.3. The summed E-state index contributed by atoms with van der Waals surface area (Å²) < 4.78 is 0. The second kappa shape index (κ2) is 29.2. The van der Waals surface area contributed by atoms with Gasteiger partial charge in [0.25, 0.3) is 0 Å². The van der Waals surface area contributed by atoms with Gasteiger partial charge in [0.15, 0.2) is 0 Å². The summed E-state index contributed by atoms with van der Waals surface area (Å²) in [6.45, 7) is 8.36. The van der Waals surface area contributed by atoms with E-state index >= 15 is 0 Å². The molecule has 0 saturated carbocycles. The van der Waals surface area contributed by atoms with Crippen molar-refractivity contribution < 1.29 is 58.5 Å². The molecular formula is C46H70N10O12. The fourth-order valence-electron chi connectivity index (χ4n) is 6.66. The smallest absolute Gasteiger partial charge is 0.322 e. The third kappa shape index (κ3) is 20.1. The normalized spacial score (nSPS) is 15.0. The molecule has 2 aromatic carbocycles. The Hall–Kier alpha value is -6.65. The average molecular weight is 955 g/mol. The van der Waals surface area contributed by atoms with E-state index in [1.165, 1.54) is 38.1 Å². The van der Waals surface area contributed by atoms with Crippen LogP contribution in [0.25, 0.3) is 0 Å². The Bertz CT molecular complexity index is 2000. The Morgan fingerprint density at radius 2 is 1.09 bits per heavy atom. The summed E-state index contributed by atoms with van der Waals surface area (Å²) >= 11 is 0. The van der Waals surface area contributed by atoms with Crippen molar-refractivity contribution in [2.24, 2.45) is 23.3 Å². The summed E-state index contributed by atoms with van der Waals surface area (Å²) in [7, 11) is 0. The number of carboxylic acid groups (broad SMARTS) is 1. The number of hydrogen-bond acceptors (Lipinski definition) is 13. The van der Waals surface area contributed by atoms with Gasteiger partial charge in [-0.3, -0.25) is 43.2 Å². The van der Waals surface area contributed by atoms with Crippen molar-refractivity contribution in [2.75, 3.05) is 19.6 Å². The van der Waals surface area contributed by atoms with E-state index in [9.17, 15) is 53.4 Å². The van der Waals surface area contributed by atoms with E-state index in [1.807, 2.05) is 0 Å². The number of phenols is 1. The summed E-state index contributed by atoms with van der Waals surface area (Å²) in [6, 6.07) is 5.80. The minimum absolute atomic E-state index is 0.0177. The minimum Gasteiger partial charge on any atom is -0.508 e. The van der Waals surface area contributed by atoms with Gasteiger partial charge >= 0.3 is 5.97 Å². The third-order valence-corrected chi connectivity index (χ3v) is 10.9. The van der Waals surface area contributed by atoms with Crippen LogP contribution in [0.1, 0.15) is 78.4 Å². The minimum atomic E-state index is -1.62. The fraction of sp³-hybridized carbons (Fsp3) is 0.543. The van der Waals surface area contributed by atoms with Crippen LogP contribution in [-0.4, -0.2) is 137 Å². The van der Waals surface area contributed by atoms with Gasteiger partial charge in [-0.25, -0.2) is 0 Å². The topological polar surface area (TPSA) is 363 Å². The molecule has 0 saturated heterocycles. The molecule has 2 rings (SSSR count). The van der Waals surface area contributed by atoms with E-state index in [0.717, 1.165) is 0 Å². The van der Waals surface area contributed by atoms with Crippen molar-refractivity contribution in [2.45, 2.75) is 128 Å². The van der Waals surface area contributed by atoms with Gasteiger partial charge in [-0.15, -0.1) is 0 Å². The highest BCUT2D eigenvalue weighted by molar-refractivity contribution is 5.97. The maximum atomic E-state index is 14.0. The molecule has 376 valence electrons. The van der Waals surface area contributed by atoms with Crippen LogP contribution in [0.4, 0.5) is 0 Å². The second-order valence-corrected chi connectivity index (χ2v) is 17.0. The van der Waals surface area contributed by atoms with Crippen LogP contribution in [0.3, 0.4) is 0 Å². The van der Waals surface area contributed by atoms with Crippen LogP contribution >= 0.6 is 0 Å². The Balaban J connectivity index is 2.32. The van der Waals surface area contributed by atoms with Crippen molar-refractivity contribution in [3.63, 3.8) is 0 Å². The number of aliphatic carboxylic acids is 1. The molecule has 0 radical (unpaired) electrons. The van der Waals surface area contributed by atoms with E-state index in [0.29, 0.717) is 36.9 Å². The molecule has 22 nitrogen and oxygen atoms in total. The van der Waals surface area contributed by atoms with Crippen molar-refractivity contribution in [3.8, 4) is 5.75 Å². The summed E-state index contributed by atoms with van der Waals surface area (Å²) in [6.07, 6.45) is -0.308. The van der Waals surface area contributed by atoms with Gasteiger partial charge in [0, 0.05) is 12.8 Å². The molecular weight excluding hydrogens is 885 g/mol. The predicted octanol–water partition coefficient (Wildman–Crippen LogP) is -2.04. The lowest BCUT2D eigenvalue weighted by Crippen LogP contribution is -2.61. The molecule has 2 aromatic rings. The predicted molar refractivity (Wildman–Crippen MR) is 250 cm³/mol. The van der Waals surface area contributed by atoms with Crippen LogP contribution < -0.4 is 54.0 Å². The second-order valence-electron chi connectivity index (χ2n) is 17.0. The van der Waals surface area contributed by atoms with Gasteiger partial charge < -0.3 is 69.3 Å². The molecule has 15 N–H and O–H groups in total. The summed E-state index contributed by atoms with van der Waals surface area (Å²) in [5.74, 6) is -8.64. The molecule has 0 aliphatic heterocycles. The van der Waals surface area contributed by atoms with Crippen molar-refractivity contribution in [1.29, 1.82) is 0 Å². The standard InChI is InChI=1S/C46H70N10O12/c1-7-26(4)38(46(68)53-34(22-30-16-18-31(58)19-17-30)43(65)56-39(28(6)57)44(66)50-24-36(60)61)54-35(59)23-49-41(63)32(15-11-12-20-47)51-42(64)33(21-29-13-9-8-10-14-29)52-45(67)37(25(2)3)55-40(62)27(5)48/h8-10,13-14,16-19,25-28,32-34,37-39,57-58H,7,11-12,15,20-24,47-48H2,1-6H3,(H,49,63)(H,50,66)(H,51,64)(H,52,67)(H,53,68)(H,54,59)(H,55,62)(H,56,65)(H,60,61)/t26-,27-,28+,32-,33-,34-,37-,38-,39-/m0/s1. The molecule has 8 amide bonds. The first-order chi connectivity index (χ1) is 32.1. The number of aliphatic hydroxyl groups is 1. The highest BCUT2D eigenvalue weighted by Gasteiger charge is 2.35. The van der Waals surface area contributed by atoms with Crippen LogP contribution in [0.5, 0.6) is 5.75 Å². The molecule has 0 aliphatic rings. The monoisotopic (exact) mass is 955 g/mol. The highest BCUT2D eigenvalue weighted by atomic mass is 16.4. The Kier molecular flexibility index (Phi) is 24.7. The number of carboxylic acids is 1. The van der Waals surface area contributed by atoms with Crippen molar-refractivity contribution in [1.82, 2.24) is 42.5 Å². The Labute approximate surface area is 396 Å². The SMILES string of the molecule is CC[C@H](C)[C@H](NC(=O)CNC(=O)[C@H](CCCCN)NC(=O)[C@H](Cc1ccccc1)NC(=O)[C@@H](NC(=O)[C@H](C)N)C(C)C)C(=O)N[C@@H](Cc1ccc(O)cc1)C(=O)N[C@H](C(=O)NCC(=O)O)[C@@H](C)O. The van der Waals surface area contributed by atoms with E-state index in [4.69, 9.17) is 16.6 Å². The number of benzene rings is 2. The van der Waals surface area contributed by atoms with Gasteiger partial charge in [0.05, 0.1) is 18.7 Å². The van der Waals surface area contributed by atoms with Gasteiger partial charge in [-0.1, -0.05) is 76.6 Å². The molecule has 9 atom stereocenters. The van der Waals surface area contributed by atoms with Crippen LogP contribution in [0, 0.1) is 11.8 Å².